The van der Waals surface area contributed by atoms with E-state index in [1.165, 1.54) is 0 Å². The Morgan fingerprint density at radius 3 is 2.79 bits per heavy atom. The largest absolute Gasteiger partial charge is 0.377 e. The summed E-state index contributed by atoms with van der Waals surface area (Å²) in [5.74, 6) is -0.526. The predicted molar refractivity (Wildman–Crippen MR) is 95.0 cm³/mol. The molecule has 2 unspecified atom stereocenters. The molecule has 1 heterocycles. The van der Waals surface area contributed by atoms with Crippen molar-refractivity contribution in [2.75, 3.05) is 19.8 Å². The van der Waals surface area contributed by atoms with E-state index in [9.17, 15) is 9.59 Å². The average Bonchev–Trinajstić information content (AvgIpc) is 2.82. The Morgan fingerprint density at radius 2 is 2.12 bits per heavy atom. The molecule has 0 radical (unpaired) electrons. The molecule has 2 N–H and O–H groups in total. The van der Waals surface area contributed by atoms with Gasteiger partial charge in [-0.25, -0.2) is 0 Å². The molecule has 1 aliphatic heterocycles. The number of morpholine rings is 1. The van der Waals surface area contributed by atoms with Gasteiger partial charge >= 0.3 is 0 Å². The van der Waals surface area contributed by atoms with Gasteiger partial charge in [0.25, 0.3) is 0 Å². The molecule has 0 spiro atoms. The second-order valence-corrected chi connectivity index (χ2v) is 7.29. The second-order valence-electron chi connectivity index (χ2n) is 6.86. The predicted octanol–water partition coefficient (Wildman–Crippen LogP) is 2.40. The molecule has 5 nitrogen and oxygen atoms in total. The van der Waals surface area contributed by atoms with Gasteiger partial charge in [0.2, 0.25) is 5.91 Å². The van der Waals surface area contributed by atoms with E-state index in [0.717, 1.165) is 5.56 Å². The van der Waals surface area contributed by atoms with Gasteiger partial charge in [-0.15, -0.1) is 12.4 Å². The van der Waals surface area contributed by atoms with Crippen LogP contribution in [0, 0.1) is 0 Å². The van der Waals surface area contributed by atoms with Gasteiger partial charge in [-0.3, -0.25) is 9.59 Å². The summed E-state index contributed by atoms with van der Waals surface area (Å²) in [6.45, 7) is 5.19. The van der Waals surface area contributed by atoms with Crippen molar-refractivity contribution in [1.82, 2.24) is 4.90 Å². The molecule has 1 aliphatic carbocycles. The Bertz CT molecular complexity index is 658. The van der Waals surface area contributed by atoms with Crippen molar-refractivity contribution in [3.05, 3.63) is 34.3 Å². The van der Waals surface area contributed by atoms with E-state index < -0.39 is 11.5 Å². The Labute approximate surface area is 152 Å². The highest BCUT2D eigenvalue weighted by Gasteiger charge is 2.42. The van der Waals surface area contributed by atoms with Crippen LogP contribution in [0.1, 0.15) is 42.1 Å². The monoisotopic (exact) mass is 372 g/mol. The zero-order valence-corrected chi connectivity index (χ0v) is 15.3. The van der Waals surface area contributed by atoms with Gasteiger partial charge in [-0.2, -0.15) is 0 Å². The standard InChI is InChI=1S/C17H21ClN2O3.ClH/c1-17(2,19)15-9-23-6-5-20(15)16(22)13-8-14(21)12-7-10(18)3-4-11(12)13;/h3-4,7,13,15H,5-6,8-9,19H2,1-2H3;1H. The minimum atomic E-state index is -0.568. The van der Waals surface area contributed by atoms with Gasteiger partial charge in [-0.05, 0) is 31.5 Å². The van der Waals surface area contributed by atoms with Crippen molar-refractivity contribution >= 4 is 35.7 Å². The number of Topliss-reactive ketones (excluding diaryl/α,β-unsaturated/α-hetero) is 1. The first-order valence-corrected chi connectivity index (χ1v) is 8.16. The third-order valence-electron chi connectivity index (χ3n) is 4.65. The molecule has 0 bridgehead atoms. The molecule has 2 aliphatic rings. The van der Waals surface area contributed by atoms with Crippen molar-refractivity contribution in [1.29, 1.82) is 0 Å². The first-order chi connectivity index (χ1) is 10.8. The number of hydrogen-bond acceptors (Lipinski definition) is 4. The molecule has 1 fully saturated rings. The molecule has 24 heavy (non-hydrogen) atoms. The van der Waals surface area contributed by atoms with Crippen LogP contribution in [0.15, 0.2) is 18.2 Å². The quantitative estimate of drug-likeness (QED) is 0.864. The highest BCUT2D eigenvalue weighted by molar-refractivity contribution is 6.31. The van der Waals surface area contributed by atoms with Crippen LogP contribution in [-0.4, -0.2) is 47.9 Å². The number of ketones is 1. The van der Waals surface area contributed by atoms with Crippen LogP contribution < -0.4 is 5.73 Å². The third kappa shape index (κ3) is 3.45. The van der Waals surface area contributed by atoms with Crippen molar-refractivity contribution < 1.29 is 14.3 Å². The molecule has 1 aromatic rings. The Morgan fingerprint density at radius 1 is 1.42 bits per heavy atom. The van der Waals surface area contributed by atoms with Crippen LogP contribution in [-0.2, 0) is 9.53 Å². The second kappa shape index (κ2) is 7.00. The van der Waals surface area contributed by atoms with E-state index in [1.807, 2.05) is 13.8 Å². The van der Waals surface area contributed by atoms with Crippen molar-refractivity contribution in [2.24, 2.45) is 5.73 Å². The number of ether oxygens (including phenoxy) is 1. The van der Waals surface area contributed by atoms with Crippen molar-refractivity contribution in [3.8, 4) is 0 Å². The normalized spacial score (nSPS) is 23.7. The molecule has 7 heteroatoms. The molecule has 132 valence electrons. The number of nitrogens with two attached hydrogens (primary N) is 1. The maximum Gasteiger partial charge on any atom is 0.231 e. The van der Waals surface area contributed by atoms with Gasteiger partial charge in [0.05, 0.1) is 25.2 Å². The van der Waals surface area contributed by atoms with Crippen LogP contribution in [0.5, 0.6) is 0 Å². The SMILES string of the molecule is CC(C)(N)C1COCCN1C(=O)C1CC(=O)c2cc(Cl)ccc21.Cl. The third-order valence-corrected chi connectivity index (χ3v) is 4.88. The lowest BCUT2D eigenvalue weighted by atomic mass is 9.91. The number of halogens is 2. The molecular weight excluding hydrogens is 351 g/mol. The highest BCUT2D eigenvalue weighted by Crippen LogP contribution is 2.37. The fourth-order valence-electron chi connectivity index (χ4n) is 3.38. The first kappa shape index (κ1) is 19.2. The molecule has 3 rings (SSSR count). The number of hydrogen-bond donors (Lipinski definition) is 1. The van der Waals surface area contributed by atoms with Gasteiger partial charge < -0.3 is 15.4 Å². The Hall–Kier alpha value is -1.14. The van der Waals surface area contributed by atoms with Crippen LogP contribution in [0.4, 0.5) is 0 Å². The zero-order valence-electron chi connectivity index (χ0n) is 13.8. The number of fused-ring (bicyclic) bond motifs is 1. The molecule has 1 aromatic carbocycles. The van der Waals surface area contributed by atoms with Crippen LogP contribution >= 0.6 is 24.0 Å². The summed E-state index contributed by atoms with van der Waals surface area (Å²) in [5, 5.41) is 0.512. The lowest BCUT2D eigenvalue weighted by Crippen LogP contribution is -2.62. The molecule has 2 atom stereocenters. The lowest BCUT2D eigenvalue weighted by molar-refractivity contribution is -0.144. The van der Waals surface area contributed by atoms with Crippen molar-refractivity contribution in [3.63, 3.8) is 0 Å². The van der Waals surface area contributed by atoms with E-state index >= 15 is 0 Å². The van der Waals surface area contributed by atoms with E-state index in [4.69, 9.17) is 22.1 Å². The van der Waals surface area contributed by atoms with Crippen LogP contribution in [0.3, 0.4) is 0 Å². The summed E-state index contributed by atoms with van der Waals surface area (Å²) in [4.78, 5) is 27.1. The fraction of sp³-hybridized carbons (Fsp3) is 0.529. The Kier molecular flexibility index (Phi) is 5.60. The summed E-state index contributed by atoms with van der Waals surface area (Å²) in [6.07, 6.45) is 0.198. The number of amides is 1. The van der Waals surface area contributed by atoms with Gasteiger partial charge in [0, 0.05) is 29.1 Å². The number of rotatable bonds is 2. The minimum Gasteiger partial charge on any atom is -0.377 e. The topological polar surface area (TPSA) is 72.6 Å². The van der Waals surface area contributed by atoms with Gasteiger partial charge in [0.15, 0.2) is 5.78 Å². The lowest BCUT2D eigenvalue weighted by Gasteiger charge is -2.43. The number of carbonyl (C=O) groups is 2. The number of nitrogens with zero attached hydrogens (tertiary/aromatic N) is 1. The van der Waals surface area contributed by atoms with E-state index in [2.05, 4.69) is 0 Å². The number of carbonyl (C=O) groups excluding carboxylic acids is 2. The van der Waals surface area contributed by atoms with Crippen molar-refractivity contribution in [2.45, 2.75) is 37.8 Å². The highest BCUT2D eigenvalue weighted by atomic mass is 35.5. The molecule has 1 saturated heterocycles. The molecular formula is C17H22Cl2N2O3. The maximum absolute atomic E-state index is 13.1. The summed E-state index contributed by atoms with van der Waals surface area (Å²) in [5.41, 5.74) is 6.98. The number of benzene rings is 1. The van der Waals surface area contributed by atoms with E-state index in [1.54, 1.807) is 23.1 Å². The van der Waals surface area contributed by atoms with Gasteiger partial charge in [-0.1, -0.05) is 17.7 Å². The Balaban J connectivity index is 0.00000208. The smallest absolute Gasteiger partial charge is 0.231 e. The van der Waals surface area contributed by atoms with E-state index in [-0.39, 0.29) is 36.6 Å². The molecule has 1 amide bonds. The summed E-state index contributed by atoms with van der Waals surface area (Å²) < 4.78 is 5.50. The maximum atomic E-state index is 13.1. The molecule has 0 aromatic heterocycles. The fourth-order valence-corrected chi connectivity index (χ4v) is 3.56. The average molecular weight is 373 g/mol. The minimum absolute atomic E-state index is 0. The van der Waals surface area contributed by atoms with Crippen LogP contribution in [0.25, 0.3) is 0 Å². The summed E-state index contributed by atoms with van der Waals surface area (Å²) in [7, 11) is 0. The summed E-state index contributed by atoms with van der Waals surface area (Å²) >= 11 is 5.97. The summed E-state index contributed by atoms with van der Waals surface area (Å²) in [6, 6.07) is 4.96. The van der Waals surface area contributed by atoms with Gasteiger partial charge in [0.1, 0.15) is 0 Å². The zero-order chi connectivity index (χ0) is 16.8. The van der Waals surface area contributed by atoms with Crippen LogP contribution in [0.2, 0.25) is 5.02 Å². The van der Waals surface area contributed by atoms with E-state index in [0.29, 0.717) is 30.3 Å². The molecule has 0 saturated carbocycles. The first-order valence-electron chi connectivity index (χ1n) is 7.79.